The number of nitrogens with one attached hydrogen (secondary N) is 3. The van der Waals surface area contributed by atoms with Gasteiger partial charge in [0, 0.05) is 17.3 Å². The van der Waals surface area contributed by atoms with Crippen molar-refractivity contribution < 1.29 is 0 Å². The maximum absolute atomic E-state index is 12.2. The van der Waals surface area contributed by atoms with Gasteiger partial charge in [-0.15, -0.1) is 0 Å². The highest BCUT2D eigenvalue weighted by Gasteiger charge is 2.11. The highest BCUT2D eigenvalue weighted by atomic mass is 32.2. The van der Waals surface area contributed by atoms with Gasteiger partial charge in [-0.25, -0.2) is 9.97 Å². The van der Waals surface area contributed by atoms with Gasteiger partial charge in [0.1, 0.15) is 11.2 Å². The van der Waals surface area contributed by atoms with E-state index in [0.29, 0.717) is 21.9 Å². The van der Waals surface area contributed by atoms with Crippen LogP contribution in [0.25, 0.3) is 21.8 Å². The van der Waals surface area contributed by atoms with Crippen LogP contribution in [0.1, 0.15) is 0 Å². The van der Waals surface area contributed by atoms with Crippen molar-refractivity contribution in [3.8, 4) is 0 Å². The second kappa shape index (κ2) is 5.40. The number of fused-ring (bicyclic) bond motifs is 2. The fraction of sp³-hybridized carbons (Fsp3) is 0.0667. The number of hydrogen-bond donors (Lipinski definition) is 3. The Hall–Kier alpha value is -2.87. The second-order valence-electron chi connectivity index (χ2n) is 4.92. The van der Waals surface area contributed by atoms with E-state index in [1.54, 1.807) is 18.5 Å². The van der Waals surface area contributed by atoms with Crippen molar-refractivity contribution in [1.29, 1.82) is 0 Å². The molecule has 0 saturated heterocycles. The molecule has 0 radical (unpaired) electrons. The monoisotopic (exact) mass is 324 g/mol. The van der Waals surface area contributed by atoms with Gasteiger partial charge in [0.2, 0.25) is 0 Å². The summed E-state index contributed by atoms with van der Waals surface area (Å²) in [5.41, 5.74) is 2.17. The Morgan fingerprint density at radius 1 is 1.22 bits per heavy atom. The molecule has 0 aliphatic carbocycles. The van der Waals surface area contributed by atoms with Gasteiger partial charge in [0.25, 0.3) is 5.56 Å². The van der Waals surface area contributed by atoms with E-state index in [1.807, 2.05) is 24.5 Å². The van der Waals surface area contributed by atoms with Gasteiger partial charge in [0.15, 0.2) is 5.16 Å². The molecule has 4 aromatic rings. The Bertz CT molecular complexity index is 1070. The lowest BCUT2D eigenvalue weighted by Gasteiger charge is -2.09. The molecule has 3 N–H and O–H groups in total. The second-order valence-corrected chi connectivity index (χ2v) is 5.70. The van der Waals surface area contributed by atoms with Crippen LogP contribution in [0.4, 0.5) is 11.5 Å². The molecule has 0 aliphatic heterocycles. The van der Waals surface area contributed by atoms with Crippen LogP contribution in [0, 0.1) is 0 Å². The Balaban J connectivity index is 1.88. The van der Waals surface area contributed by atoms with E-state index >= 15 is 0 Å². The minimum absolute atomic E-state index is 0.220. The van der Waals surface area contributed by atoms with E-state index < -0.39 is 0 Å². The lowest BCUT2D eigenvalue weighted by molar-refractivity contribution is 1.01. The van der Waals surface area contributed by atoms with E-state index in [9.17, 15) is 4.79 Å². The first-order chi connectivity index (χ1) is 11.2. The molecule has 7 nitrogen and oxygen atoms in total. The molecule has 4 rings (SSSR count). The molecule has 3 heterocycles. The average molecular weight is 324 g/mol. The molecule has 0 fully saturated rings. The Morgan fingerprint density at radius 3 is 3.00 bits per heavy atom. The molecule has 0 spiro atoms. The molecular weight excluding hydrogens is 312 g/mol. The van der Waals surface area contributed by atoms with Crippen LogP contribution < -0.4 is 10.9 Å². The zero-order valence-corrected chi connectivity index (χ0v) is 12.9. The van der Waals surface area contributed by atoms with Crippen molar-refractivity contribution in [3.63, 3.8) is 0 Å². The van der Waals surface area contributed by atoms with Crippen LogP contribution in [0.3, 0.4) is 0 Å². The van der Waals surface area contributed by atoms with Crippen LogP contribution in [0.2, 0.25) is 0 Å². The molecule has 114 valence electrons. The summed E-state index contributed by atoms with van der Waals surface area (Å²) in [6.07, 6.45) is 5.23. The largest absolute Gasteiger partial charge is 0.339 e. The molecule has 0 unspecified atom stereocenters. The number of anilines is 2. The van der Waals surface area contributed by atoms with Crippen molar-refractivity contribution in [2.75, 3.05) is 11.6 Å². The van der Waals surface area contributed by atoms with Crippen molar-refractivity contribution in [1.82, 2.24) is 25.1 Å². The zero-order valence-electron chi connectivity index (χ0n) is 12.1. The van der Waals surface area contributed by atoms with Crippen molar-refractivity contribution in [2.45, 2.75) is 5.16 Å². The first-order valence-electron chi connectivity index (χ1n) is 6.88. The zero-order chi connectivity index (χ0) is 15.8. The quantitative estimate of drug-likeness (QED) is 0.396. The third-order valence-electron chi connectivity index (χ3n) is 3.48. The SMILES string of the molecule is CSc1nc(Nc2ccc3[nH]ncc3c2)c2c(=O)[nH]ccc2n1. The molecule has 0 amide bonds. The molecule has 0 bridgehead atoms. The van der Waals surface area contributed by atoms with Crippen LogP contribution in [0.5, 0.6) is 0 Å². The highest BCUT2D eigenvalue weighted by Crippen LogP contribution is 2.25. The van der Waals surface area contributed by atoms with Gasteiger partial charge in [-0.1, -0.05) is 11.8 Å². The first-order valence-corrected chi connectivity index (χ1v) is 8.10. The summed E-state index contributed by atoms with van der Waals surface area (Å²) in [6, 6.07) is 7.55. The summed E-state index contributed by atoms with van der Waals surface area (Å²) in [5, 5.41) is 12.2. The number of aromatic nitrogens is 5. The van der Waals surface area contributed by atoms with E-state index in [0.717, 1.165) is 16.6 Å². The molecule has 23 heavy (non-hydrogen) atoms. The lowest BCUT2D eigenvalue weighted by atomic mass is 10.2. The van der Waals surface area contributed by atoms with Crippen molar-refractivity contribution in [3.05, 3.63) is 47.0 Å². The molecule has 0 atom stereocenters. The predicted octanol–water partition coefficient (Wildman–Crippen LogP) is 2.66. The summed E-state index contributed by atoms with van der Waals surface area (Å²) >= 11 is 1.43. The van der Waals surface area contributed by atoms with Crippen molar-refractivity contribution >= 4 is 45.1 Å². The van der Waals surface area contributed by atoms with Crippen LogP contribution in [-0.2, 0) is 0 Å². The van der Waals surface area contributed by atoms with E-state index in [1.165, 1.54) is 11.8 Å². The molecular formula is C15H12N6OS. The number of benzene rings is 1. The predicted molar refractivity (Wildman–Crippen MR) is 91.3 cm³/mol. The summed E-state index contributed by atoms with van der Waals surface area (Å²) in [7, 11) is 0. The van der Waals surface area contributed by atoms with Crippen LogP contribution >= 0.6 is 11.8 Å². The fourth-order valence-electron chi connectivity index (χ4n) is 2.41. The van der Waals surface area contributed by atoms with Crippen LogP contribution in [0.15, 0.2) is 46.6 Å². The summed E-state index contributed by atoms with van der Waals surface area (Å²) in [4.78, 5) is 23.6. The number of rotatable bonds is 3. The summed E-state index contributed by atoms with van der Waals surface area (Å²) < 4.78 is 0. The smallest absolute Gasteiger partial charge is 0.261 e. The van der Waals surface area contributed by atoms with Gasteiger partial charge < -0.3 is 10.3 Å². The number of thioether (sulfide) groups is 1. The summed E-state index contributed by atoms with van der Waals surface area (Å²) in [5.74, 6) is 0.490. The lowest BCUT2D eigenvalue weighted by Crippen LogP contribution is -2.10. The first kappa shape index (κ1) is 13.8. The van der Waals surface area contributed by atoms with Gasteiger partial charge in [-0.2, -0.15) is 5.10 Å². The molecule has 0 aliphatic rings. The van der Waals surface area contributed by atoms with Gasteiger partial charge in [-0.05, 0) is 30.5 Å². The third kappa shape index (κ3) is 2.42. The van der Waals surface area contributed by atoms with Crippen molar-refractivity contribution in [2.24, 2.45) is 0 Å². The maximum Gasteiger partial charge on any atom is 0.261 e. The van der Waals surface area contributed by atoms with E-state index in [4.69, 9.17) is 0 Å². The Kier molecular flexibility index (Phi) is 3.23. The Labute approximate surface area is 134 Å². The summed E-state index contributed by atoms with van der Waals surface area (Å²) in [6.45, 7) is 0. The molecule has 8 heteroatoms. The van der Waals surface area contributed by atoms with Gasteiger partial charge in [-0.3, -0.25) is 9.89 Å². The number of pyridine rings is 1. The number of hydrogen-bond acceptors (Lipinski definition) is 6. The topological polar surface area (TPSA) is 99.4 Å². The maximum atomic E-state index is 12.2. The normalized spacial score (nSPS) is 11.2. The Morgan fingerprint density at radius 2 is 2.13 bits per heavy atom. The minimum Gasteiger partial charge on any atom is -0.339 e. The number of aromatic amines is 2. The molecule has 1 aromatic carbocycles. The van der Waals surface area contributed by atoms with Gasteiger partial charge >= 0.3 is 0 Å². The molecule has 0 saturated carbocycles. The van der Waals surface area contributed by atoms with Gasteiger partial charge in [0.05, 0.1) is 17.2 Å². The van der Waals surface area contributed by atoms with E-state index in [-0.39, 0.29) is 5.56 Å². The number of H-pyrrole nitrogens is 2. The third-order valence-corrected chi connectivity index (χ3v) is 4.03. The van der Waals surface area contributed by atoms with E-state index in [2.05, 4.69) is 30.5 Å². The standard InChI is InChI=1S/C15H12N6OS/c1-23-15-19-11-4-5-16-14(22)12(11)13(20-15)18-9-2-3-10-8(6-9)7-17-21-10/h2-7H,1H3,(H,16,22)(H,17,21)(H,18,19,20). The fourth-order valence-corrected chi connectivity index (χ4v) is 2.78. The number of nitrogens with zero attached hydrogens (tertiary/aromatic N) is 3. The molecule has 3 aromatic heterocycles. The van der Waals surface area contributed by atoms with Crippen LogP contribution in [-0.4, -0.2) is 31.4 Å². The average Bonchev–Trinajstić information content (AvgIpc) is 3.02. The highest BCUT2D eigenvalue weighted by molar-refractivity contribution is 7.98. The minimum atomic E-state index is -0.220.